The van der Waals surface area contributed by atoms with Crippen LogP contribution in [0, 0.1) is 0 Å². The van der Waals surface area contributed by atoms with Crippen molar-refractivity contribution in [3.8, 4) is 0 Å². The summed E-state index contributed by atoms with van der Waals surface area (Å²) in [4.78, 5) is 4.69. The highest BCUT2D eigenvalue weighted by molar-refractivity contribution is 5.18. The van der Waals surface area contributed by atoms with Gasteiger partial charge >= 0.3 is 0 Å². The molecule has 2 aromatic rings. The second-order valence-corrected chi connectivity index (χ2v) is 7.45. The number of unbranched alkanes of at least 4 members (excludes halogenated alkanes) is 8. The van der Waals surface area contributed by atoms with Gasteiger partial charge in [0.1, 0.15) is 11.9 Å². The van der Waals surface area contributed by atoms with Crippen LogP contribution in [-0.2, 0) is 13.0 Å². The van der Waals surface area contributed by atoms with Gasteiger partial charge in [0.15, 0.2) is 0 Å². The van der Waals surface area contributed by atoms with Crippen LogP contribution in [0.5, 0.6) is 0 Å². The van der Waals surface area contributed by atoms with Crippen LogP contribution in [0.15, 0.2) is 49.2 Å². The minimum atomic E-state index is -0.691. The Morgan fingerprint density at radius 3 is 2.26 bits per heavy atom. The fourth-order valence-electron chi connectivity index (χ4n) is 3.45. The second-order valence-electron chi connectivity index (χ2n) is 7.45. The van der Waals surface area contributed by atoms with Gasteiger partial charge in [-0.1, -0.05) is 94.7 Å². The summed E-state index contributed by atoms with van der Waals surface area (Å²) in [5.74, 6) is 1.07. The molecule has 0 saturated carbocycles. The topological polar surface area (TPSA) is 38.0 Å². The average Bonchev–Trinajstić information content (AvgIpc) is 3.09. The van der Waals surface area contributed by atoms with Crippen LogP contribution in [0.4, 0.5) is 0 Å². The van der Waals surface area contributed by atoms with E-state index in [9.17, 15) is 5.11 Å². The van der Waals surface area contributed by atoms with E-state index in [1.807, 2.05) is 12.3 Å². The number of rotatable bonds is 14. The summed E-state index contributed by atoms with van der Waals surface area (Å²) in [5, 5.41) is 10.1. The summed E-state index contributed by atoms with van der Waals surface area (Å²) in [6.07, 6.45) is 15.7. The van der Waals surface area contributed by atoms with Gasteiger partial charge in [-0.25, -0.2) is 4.98 Å². The molecule has 1 atom stereocenters. The molecule has 0 aliphatic rings. The van der Waals surface area contributed by atoms with Crippen molar-refractivity contribution in [2.24, 2.45) is 0 Å². The maximum Gasteiger partial charge on any atom is 0.115 e. The van der Waals surface area contributed by atoms with Crippen molar-refractivity contribution in [3.63, 3.8) is 0 Å². The van der Waals surface area contributed by atoms with E-state index < -0.39 is 6.10 Å². The fraction of sp³-hybridized carbons (Fsp3) is 0.542. The number of benzene rings is 1. The number of hydrogen-bond acceptors (Lipinski definition) is 2. The zero-order chi connectivity index (χ0) is 19.3. The highest BCUT2D eigenvalue weighted by Crippen LogP contribution is 2.18. The molecular weight excluding hydrogens is 332 g/mol. The Morgan fingerprint density at radius 2 is 1.63 bits per heavy atom. The van der Waals surface area contributed by atoms with Gasteiger partial charge in [0.05, 0.1) is 5.69 Å². The van der Waals surface area contributed by atoms with Crippen LogP contribution < -0.4 is 0 Å². The minimum absolute atomic E-state index is 0.691. The molecule has 1 aromatic heterocycles. The third kappa shape index (κ3) is 7.72. The predicted molar refractivity (Wildman–Crippen MR) is 114 cm³/mol. The van der Waals surface area contributed by atoms with Gasteiger partial charge in [-0.2, -0.15) is 0 Å². The molecule has 1 N–H and O–H groups in total. The zero-order valence-electron chi connectivity index (χ0n) is 16.9. The van der Waals surface area contributed by atoms with E-state index in [-0.39, 0.29) is 0 Å². The summed E-state index contributed by atoms with van der Waals surface area (Å²) in [6.45, 7) is 6.74. The zero-order valence-corrected chi connectivity index (χ0v) is 16.9. The normalized spacial score (nSPS) is 12.2. The Labute approximate surface area is 165 Å². The number of imidazole rings is 1. The molecule has 1 heterocycles. The molecule has 0 spiro atoms. The third-order valence-corrected chi connectivity index (χ3v) is 5.10. The monoisotopic (exact) mass is 368 g/mol. The molecule has 148 valence electrons. The lowest BCUT2D eigenvalue weighted by Gasteiger charge is -2.08. The number of nitrogens with zero attached hydrogens (tertiary/aromatic N) is 2. The first kappa shape index (κ1) is 21.4. The molecule has 0 amide bonds. The Morgan fingerprint density at radius 1 is 1.00 bits per heavy atom. The number of aromatic nitrogens is 2. The average molecular weight is 369 g/mol. The standard InChI is InChI=1S/C24H36N2O/c1-3-5-6-7-8-9-10-11-15-18-24-25-22(23(27)4-2)20-26(24)19-21-16-13-12-14-17-21/h4,12-14,16-17,20,23,27H,2-3,5-11,15,18-19H2,1H3. The first-order valence-corrected chi connectivity index (χ1v) is 10.6. The lowest BCUT2D eigenvalue weighted by atomic mass is 10.1. The molecule has 1 unspecified atom stereocenters. The van der Waals surface area contributed by atoms with Gasteiger partial charge in [0.2, 0.25) is 0 Å². The highest BCUT2D eigenvalue weighted by atomic mass is 16.3. The van der Waals surface area contributed by atoms with Crippen LogP contribution in [0.25, 0.3) is 0 Å². The molecule has 0 fully saturated rings. The van der Waals surface area contributed by atoms with Crippen molar-refractivity contribution in [1.29, 1.82) is 0 Å². The molecule has 0 radical (unpaired) electrons. The van der Waals surface area contributed by atoms with Crippen LogP contribution in [-0.4, -0.2) is 14.7 Å². The van der Waals surface area contributed by atoms with E-state index >= 15 is 0 Å². The second kappa shape index (κ2) is 12.5. The smallest absolute Gasteiger partial charge is 0.115 e. The summed E-state index contributed by atoms with van der Waals surface area (Å²) in [5.41, 5.74) is 1.95. The number of aryl methyl sites for hydroxylation is 1. The van der Waals surface area contributed by atoms with Crippen molar-refractivity contribution in [3.05, 3.63) is 66.3 Å². The van der Waals surface area contributed by atoms with Crippen LogP contribution >= 0.6 is 0 Å². The molecule has 0 aliphatic carbocycles. The van der Waals surface area contributed by atoms with Gasteiger partial charge in [-0.05, 0) is 12.0 Å². The van der Waals surface area contributed by atoms with E-state index in [0.29, 0.717) is 5.69 Å². The Kier molecular flexibility index (Phi) is 9.93. The van der Waals surface area contributed by atoms with Crippen molar-refractivity contribution in [2.45, 2.75) is 83.8 Å². The van der Waals surface area contributed by atoms with Gasteiger partial charge < -0.3 is 9.67 Å². The van der Waals surface area contributed by atoms with E-state index in [4.69, 9.17) is 0 Å². The van der Waals surface area contributed by atoms with E-state index in [2.05, 4.69) is 47.3 Å². The SMILES string of the molecule is C=CC(O)c1cn(Cc2ccccc2)c(CCCCCCCCCCC)n1. The van der Waals surface area contributed by atoms with Gasteiger partial charge in [-0.3, -0.25) is 0 Å². The van der Waals surface area contributed by atoms with Crippen molar-refractivity contribution in [1.82, 2.24) is 9.55 Å². The number of hydrogen-bond donors (Lipinski definition) is 1. The van der Waals surface area contributed by atoms with Crippen LogP contribution in [0.1, 0.15) is 87.9 Å². The first-order chi connectivity index (χ1) is 13.2. The van der Waals surface area contributed by atoms with Crippen molar-refractivity contribution < 1.29 is 5.11 Å². The number of aliphatic hydroxyl groups is 1. The minimum Gasteiger partial charge on any atom is -0.383 e. The summed E-state index contributed by atoms with van der Waals surface area (Å²) in [7, 11) is 0. The third-order valence-electron chi connectivity index (χ3n) is 5.10. The largest absolute Gasteiger partial charge is 0.383 e. The van der Waals surface area contributed by atoms with Crippen LogP contribution in [0.2, 0.25) is 0 Å². The summed E-state index contributed by atoms with van der Waals surface area (Å²) >= 11 is 0. The van der Waals surface area contributed by atoms with E-state index in [0.717, 1.165) is 25.2 Å². The molecule has 3 heteroatoms. The van der Waals surface area contributed by atoms with Crippen molar-refractivity contribution in [2.75, 3.05) is 0 Å². The van der Waals surface area contributed by atoms with E-state index in [1.54, 1.807) is 0 Å². The Bertz CT molecular complexity index is 648. The maximum absolute atomic E-state index is 10.1. The van der Waals surface area contributed by atoms with Crippen LogP contribution in [0.3, 0.4) is 0 Å². The predicted octanol–water partition coefficient (Wildman–Crippen LogP) is 6.22. The molecule has 0 saturated heterocycles. The van der Waals surface area contributed by atoms with E-state index in [1.165, 1.54) is 63.0 Å². The lowest BCUT2D eigenvalue weighted by Crippen LogP contribution is -2.04. The van der Waals surface area contributed by atoms with Crippen molar-refractivity contribution >= 4 is 0 Å². The van der Waals surface area contributed by atoms with Gasteiger partial charge in [0, 0.05) is 19.2 Å². The van der Waals surface area contributed by atoms with Gasteiger partial charge in [-0.15, -0.1) is 6.58 Å². The molecule has 1 aromatic carbocycles. The molecule has 27 heavy (non-hydrogen) atoms. The number of aliphatic hydroxyl groups excluding tert-OH is 1. The lowest BCUT2D eigenvalue weighted by molar-refractivity contribution is 0.224. The Hall–Kier alpha value is -1.87. The quantitative estimate of drug-likeness (QED) is 0.317. The molecule has 0 bridgehead atoms. The molecule has 3 nitrogen and oxygen atoms in total. The maximum atomic E-state index is 10.1. The van der Waals surface area contributed by atoms with Gasteiger partial charge in [0.25, 0.3) is 0 Å². The Balaban J connectivity index is 1.83. The molecular formula is C24H36N2O. The summed E-state index contributed by atoms with van der Waals surface area (Å²) in [6, 6.07) is 10.4. The first-order valence-electron chi connectivity index (χ1n) is 10.6. The molecule has 0 aliphatic heterocycles. The summed E-state index contributed by atoms with van der Waals surface area (Å²) < 4.78 is 2.18. The fourth-order valence-corrected chi connectivity index (χ4v) is 3.45. The highest BCUT2D eigenvalue weighted by Gasteiger charge is 2.12. The molecule has 2 rings (SSSR count).